The van der Waals surface area contributed by atoms with Gasteiger partial charge in [-0.1, -0.05) is 0 Å². The van der Waals surface area contributed by atoms with E-state index in [1.165, 1.54) is 11.3 Å². The van der Waals surface area contributed by atoms with Crippen LogP contribution in [-0.4, -0.2) is 26.3 Å². The topological polar surface area (TPSA) is 55.6 Å². The van der Waals surface area contributed by atoms with E-state index in [4.69, 9.17) is 5.10 Å². The first-order valence-electron chi connectivity index (χ1n) is 6.97. The first-order valence-corrected chi connectivity index (χ1v) is 7.85. The van der Waals surface area contributed by atoms with Crippen LogP contribution in [0.1, 0.15) is 17.0 Å². The molecule has 0 atom stereocenters. The molecule has 3 aromatic heterocycles. The zero-order chi connectivity index (χ0) is 14.2. The monoisotopic (exact) mass is 297 g/mol. The molecule has 0 bridgehead atoms. The van der Waals surface area contributed by atoms with Crippen molar-refractivity contribution in [2.75, 3.05) is 6.54 Å². The van der Waals surface area contributed by atoms with Crippen LogP contribution in [0.4, 0.5) is 0 Å². The number of rotatable bonds is 2. The molecule has 0 saturated carbocycles. The van der Waals surface area contributed by atoms with Gasteiger partial charge in [-0.2, -0.15) is 5.10 Å². The molecule has 0 aliphatic carbocycles. The van der Waals surface area contributed by atoms with E-state index in [-0.39, 0.29) is 0 Å². The molecular weight excluding hydrogens is 282 g/mol. The summed E-state index contributed by atoms with van der Waals surface area (Å²) in [4.78, 5) is 8.79. The molecule has 4 rings (SSSR count). The number of fused-ring (bicyclic) bond motifs is 1. The molecule has 0 radical (unpaired) electrons. The van der Waals surface area contributed by atoms with Gasteiger partial charge in [0.1, 0.15) is 0 Å². The van der Waals surface area contributed by atoms with Gasteiger partial charge in [-0.25, -0.2) is 9.67 Å². The second-order valence-electron chi connectivity index (χ2n) is 5.13. The molecule has 1 aliphatic heterocycles. The standard InChI is InChI=1S/C15H15N5S/c1-10-9-21-15(18-10)20-13-4-6-17-8-12(13)14(19-20)11-3-2-5-16-7-11/h2-3,5,7,9,17H,4,6,8H2,1H3. The van der Waals surface area contributed by atoms with Gasteiger partial charge >= 0.3 is 0 Å². The number of nitrogens with one attached hydrogen (secondary N) is 1. The highest BCUT2D eigenvalue weighted by Gasteiger charge is 2.23. The van der Waals surface area contributed by atoms with Crippen LogP contribution in [0.15, 0.2) is 29.9 Å². The molecule has 0 unspecified atom stereocenters. The largest absolute Gasteiger partial charge is 0.312 e. The molecule has 0 fully saturated rings. The first kappa shape index (κ1) is 12.7. The highest BCUT2D eigenvalue weighted by atomic mass is 32.1. The third-order valence-corrected chi connectivity index (χ3v) is 4.59. The second kappa shape index (κ2) is 5.05. The summed E-state index contributed by atoms with van der Waals surface area (Å²) in [6.07, 6.45) is 4.63. The average Bonchev–Trinajstić information content (AvgIpc) is 3.12. The maximum absolute atomic E-state index is 4.83. The van der Waals surface area contributed by atoms with Crippen LogP contribution in [0.3, 0.4) is 0 Å². The quantitative estimate of drug-likeness (QED) is 0.789. The number of aromatic nitrogens is 4. The molecule has 0 aromatic carbocycles. The van der Waals surface area contributed by atoms with Crippen molar-refractivity contribution in [3.8, 4) is 16.4 Å². The van der Waals surface area contributed by atoms with Crippen molar-refractivity contribution in [3.05, 3.63) is 46.9 Å². The Labute approximate surface area is 126 Å². The van der Waals surface area contributed by atoms with Gasteiger partial charge in [-0.05, 0) is 19.1 Å². The molecule has 1 aliphatic rings. The second-order valence-corrected chi connectivity index (χ2v) is 5.96. The summed E-state index contributed by atoms with van der Waals surface area (Å²) < 4.78 is 2.01. The fourth-order valence-corrected chi connectivity index (χ4v) is 3.46. The predicted molar refractivity (Wildman–Crippen MR) is 82.6 cm³/mol. The number of pyridine rings is 1. The average molecular weight is 297 g/mol. The van der Waals surface area contributed by atoms with Crippen LogP contribution in [0.5, 0.6) is 0 Å². The number of hydrogen-bond acceptors (Lipinski definition) is 5. The summed E-state index contributed by atoms with van der Waals surface area (Å²) >= 11 is 1.64. The minimum atomic E-state index is 0.851. The van der Waals surface area contributed by atoms with E-state index >= 15 is 0 Å². The third kappa shape index (κ3) is 2.16. The summed E-state index contributed by atoms with van der Waals surface area (Å²) in [7, 11) is 0. The van der Waals surface area contributed by atoms with Gasteiger partial charge in [-0.3, -0.25) is 4.98 Å². The minimum absolute atomic E-state index is 0.851. The van der Waals surface area contributed by atoms with Crippen LogP contribution in [0, 0.1) is 6.92 Å². The van der Waals surface area contributed by atoms with Crippen molar-refractivity contribution in [3.63, 3.8) is 0 Å². The Balaban J connectivity index is 1.91. The number of thiazole rings is 1. The smallest absolute Gasteiger partial charge is 0.210 e. The van der Waals surface area contributed by atoms with Crippen LogP contribution in [0.2, 0.25) is 0 Å². The van der Waals surface area contributed by atoms with Crippen molar-refractivity contribution in [1.82, 2.24) is 25.1 Å². The zero-order valence-corrected chi connectivity index (χ0v) is 12.5. The van der Waals surface area contributed by atoms with Crippen molar-refractivity contribution in [2.45, 2.75) is 19.9 Å². The summed E-state index contributed by atoms with van der Waals surface area (Å²) in [5.41, 5.74) is 5.64. The third-order valence-electron chi connectivity index (χ3n) is 3.65. The Bertz CT molecular complexity index is 775. The van der Waals surface area contributed by atoms with Gasteiger partial charge in [0.05, 0.1) is 17.1 Å². The zero-order valence-electron chi connectivity index (χ0n) is 11.7. The number of hydrogen-bond donors (Lipinski definition) is 1. The molecule has 3 aromatic rings. The summed E-state index contributed by atoms with van der Waals surface area (Å²) in [5, 5.41) is 11.3. The molecule has 4 heterocycles. The van der Waals surface area contributed by atoms with Gasteiger partial charge in [0, 0.05) is 48.4 Å². The lowest BCUT2D eigenvalue weighted by molar-refractivity contribution is 0.622. The van der Waals surface area contributed by atoms with Crippen molar-refractivity contribution in [2.24, 2.45) is 0 Å². The van der Waals surface area contributed by atoms with Crippen LogP contribution >= 0.6 is 11.3 Å². The van der Waals surface area contributed by atoms with Gasteiger partial charge in [0.15, 0.2) is 0 Å². The van der Waals surface area contributed by atoms with E-state index in [0.717, 1.165) is 41.6 Å². The van der Waals surface area contributed by atoms with Gasteiger partial charge in [-0.15, -0.1) is 11.3 Å². The predicted octanol–water partition coefficient (Wildman–Crippen LogP) is 2.34. The Hall–Kier alpha value is -2.05. The fourth-order valence-electron chi connectivity index (χ4n) is 2.68. The van der Waals surface area contributed by atoms with E-state index in [2.05, 4.69) is 26.7 Å². The van der Waals surface area contributed by atoms with Crippen molar-refractivity contribution < 1.29 is 0 Å². The van der Waals surface area contributed by atoms with Crippen molar-refractivity contribution in [1.29, 1.82) is 0 Å². The molecule has 0 spiro atoms. The molecule has 5 nitrogen and oxygen atoms in total. The molecule has 6 heteroatoms. The molecule has 0 saturated heterocycles. The van der Waals surface area contributed by atoms with Gasteiger partial charge in [0.2, 0.25) is 5.13 Å². The summed E-state index contributed by atoms with van der Waals surface area (Å²) in [5.74, 6) is 0. The van der Waals surface area contributed by atoms with E-state index in [9.17, 15) is 0 Å². The number of nitrogens with zero attached hydrogens (tertiary/aromatic N) is 4. The minimum Gasteiger partial charge on any atom is -0.312 e. The van der Waals surface area contributed by atoms with Crippen molar-refractivity contribution >= 4 is 11.3 Å². The Kier molecular flexibility index (Phi) is 3.05. The Morgan fingerprint density at radius 3 is 3.10 bits per heavy atom. The highest BCUT2D eigenvalue weighted by Crippen LogP contribution is 2.29. The molecule has 106 valence electrons. The molecule has 1 N–H and O–H groups in total. The maximum atomic E-state index is 4.83. The SMILES string of the molecule is Cc1csc(-n2nc(-c3cccnc3)c3c2CCNC3)n1. The van der Waals surface area contributed by atoms with Gasteiger partial charge < -0.3 is 5.32 Å². The van der Waals surface area contributed by atoms with E-state index in [0.29, 0.717) is 0 Å². The molecular formula is C15H15N5S. The Morgan fingerprint density at radius 1 is 1.38 bits per heavy atom. The van der Waals surface area contributed by atoms with Gasteiger partial charge in [0.25, 0.3) is 0 Å². The van der Waals surface area contributed by atoms with E-state index < -0.39 is 0 Å². The lowest BCUT2D eigenvalue weighted by Gasteiger charge is -2.14. The lowest BCUT2D eigenvalue weighted by atomic mass is 10.0. The van der Waals surface area contributed by atoms with Crippen LogP contribution in [0.25, 0.3) is 16.4 Å². The van der Waals surface area contributed by atoms with Crippen LogP contribution < -0.4 is 5.32 Å². The maximum Gasteiger partial charge on any atom is 0.210 e. The lowest BCUT2D eigenvalue weighted by Crippen LogP contribution is -2.24. The first-order chi connectivity index (χ1) is 10.3. The molecule has 21 heavy (non-hydrogen) atoms. The summed E-state index contributed by atoms with van der Waals surface area (Å²) in [6, 6.07) is 4.01. The van der Waals surface area contributed by atoms with E-state index in [1.54, 1.807) is 17.5 Å². The normalized spacial score (nSPS) is 14.1. The van der Waals surface area contributed by atoms with Crippen LogP contribution in [-0.2, 0) is 13.0 Å². The highest BCUT2D eigenvalue weighted by molar-refractivity contribution is 7.12. The summed E-state index contributed by atoms with van der Waals surface area (Å²) in [6.45, 7) is 3.85. The Morgan fingerprint density at radius 2 is 2.33 bits per heavy atom. The number of aryl methyl sites for hydroxylation is 1. The van der Waals surface area contributed by atoms with E-state index in [1.807, 2.05) is 23.9 Å². The fraction of sp³-hybridized carbons (Fsp3) is 0.267. The molecule has 0 amide bonds.